The SMILES string of the molecule is CC(C)CCCCCCN=C(N)NC(N)=NC(C)(C)CCCCCCN. The normalized spacial score (nSPS) is 13.5. The topological polar surface area (TPSA) is 115 Å². The molecule has 26 heavy (non-hydrogen) atoms. The Morgan fingerprint density at radius 3 is 2.15 bits per heavy atom. The molecule has 7 N–H and O–H groups in total. The van der Waals surface area contributed by atoms with Crippen molar-refractivity contribution >= 4 is 11.9 Å². The fourth-order valence-electron chi connectivity index (χ4n) is 2.85. The number of guanidine groups is 2. The summed E-state index contributed by atoms with van der Waals surface area (Å²) >= 11 is 0. The van der Waals surface area contributed by atoms with Crippen LogP contribution in [-0.4, -0.2) is 30.5 Å². The first-order valence-electron chi connectivity index (χ1n) is 10.4. The van der Waals surface area contributed by atoms with E-state index in [2.05, 4.69) is 43.0 Å². The molecule has 0 fully saturated rings. The zero-order chi connectivity index (χ0) is 19.8. The number of rotatable bonds is 14. The molecule has 0 radical (unpaired) electrons. The lowest BCUT2D eigenvalue weighted by molar-refractivity contribution is 0.445. The summed E-state index contributed by atoms with van der Waals surface area (Å²) in [4.78, 5) is 8.88. The van der Waals surface area contributed by atoms with E-state index in [1.54, 1.807) is 0 Å². The molecule has 0 amide bonds. The van der Waals surface area contributed by atoms with Gasteiger partial charge in [0.2, 0.25) is 0 Å². The summed E-state index contributed by atoms with van der Waals surface area (Å²) in [6.07, 6.45) is 11.7. The Labute approximate surface area is 161 Å². The van der Waals surface area contributed by atoms with Gasteiger partial charge in [-0.05, 0) is 45.6 Å². The molecule has 0 atom stereocenters. The van der Waals surface area contributed by atoms with Crippen LogP contribution in [0.1, 0.15) is 91.9 Å². The predicted octanol–water partition coefficient (Wildman–Crippen LogP) is 3.50. The van der Waals surface area contributed by atoms with Crippen molar-refractivity contribution < 1.29 is 0 Å². The Morgan fingerprint density at radius 1 is 0.885 bits per heavy atom. The third-order valence-electron chi connectivity index (χ3n) is 4.39. The van der Waals surface area contributed by atoms with Gasteiger partial charge in [-0.3, -0.25) is 10.3 Å². The lowest BCUT2D eigenvalue weighted by Crippen LogP contribution is -2.43. The maximum Gasteiger partial charge on any atom is 0.195 e. The van der Waals surface area contributed by atoms with Crippen LogP contribution in [-0.2, 0) is 0 Å². The van der Waals surface area contributed by atoms with Crippen LogP contribution in [0.4, 0.5) is 0 Å². The zero-order valence-corrected chi connectivity index (χ0v) is 17.7. The second kappa shape index (κ2) is 14.8. The summed E-state index contributed by atoms with van der Waals surface area (Å²) in [5, 5.41) is 2.90. The van der Waals surface area contributed by atoms with Gasteiger partial charge in [0, 0.05) is 6.54 Å². The van der Waals surface area contributed by atoms with Crippen molar-refractivity contribution in [3.05, 3.63) is 0 Å². The highest BCUT2D eigenvalue weighted by Crippen LogP contribution is 2.18. The highest BCUT2D eigenvalue weighted by Gasteiger charge is 2.16. The average Bonchev–Trinajstić information content (AvgIpc) is 2.52. The summed E-state index contributed by atoms with van der Waals surface area (Å²) in [7, 11) is 0. The Kier molecular flexibility index (Phi) is 14.1. The van der Waals surface area contributed by atoms with Gasteiger partial charge in [-0.2, -0.15) is 0 Å². The molecular formula is C20H44N6. The van der Waals surface area contributed by atoms with Gasteiger partial charge in [-0.15, -0.1) is 0 Å². The summed E-state index contributed by atoms with van der Waals surface area (Å²) in [5.41, 5.74) is 17.2. The van der Waals surface area contributed by atoms with E-state index in [4.69, 9.17) is 17.2 Å². The first-order chi connectivity index (χ1) is 12.3. The van der Waals surface area contributed by atoms with Crippen LogP contribution < -0.4 is 22.5 Å². The van der Waals surface area contributed by atoms with Crippen LogP contribution in [0.15, 0.2) is 9.98 Å². The number of unbranched alkanes of at least 4 members (excludes halogenated alkanes) is 6. The van der Waals surface area contributed by atoms with Gasteiger partial charge in [-0.25, -0.2) is 4.99 Å². The van der Waals surface area contributed by atoms with Gasteiger partial charge in [0.1, 0.15) is 0 Å². The molecule has 154 valence electrons. The second-order valence-corrected chi connectivity index (χ2v) is 8.25. The molecule has 0 spiro atoms. The standard InChI is InChI=1S/C20H44N6/c1-17(2)13-9-5-8-12-16-24-18(22)25-19(23)26-20(3,4)14-10-6-7-11-15-21/h17H,5-16,21H2,1-4H3,(H5,22,23,24,25,26). The molecule has 0 unspecified atom stereocenters. The van der Waals surface area contributed by atoms with Crippen molar-refractivity contribution in [2.45, 2.75) is 97.4 Å². The van der Waals surface area contributed by atoms with E-state index in [1.165, 1.54) is 38.5 Å². The van der Waals surface area contributed by atoms with Crippen LogP contribution in [0, 0.1) is 5.92 Å². The number of aliphatic imine (C=N–C) groups is 2. The van der Waals surface area contributed by atoms with Crippen molar-refractivity contribution in [3.63, 3.8) is 0 Å². The molecule has 0 saturated heterocycles. The van der Waals surface area contributed by atoms with Crippen molar-refractivity contribution in [3.8, 4) is 0 Å². The van der Waals surface area contributed by atoms with Crippen LogP contribution in [0.5, 0.6) is 0 Å². The van der Waals surface area contributed by atoms with E-state index in [9.17, 15) is 0 Å². The molecule has 6 nitrogen and oxygen atoms in total. The number of nitrogens with one attached hydrogen (secondary N) is 1. The lowest BCUT2D eigenvalue weighted by atomic mass is 9.97. The highest BCUT2D eigenvalue weighted by atomic mass is 15.2. The minimum atomic E-state index is -0.198. The molecular weight excluding hydrogens is 324 g/mol. The summed E-state index contributed by atoms with van der Waals surface area (Å²) < 4.78 is 0. The molecule has 0 heterocycles. The summed E-state index contributed by atoms with van der Waals surface area (Å²) in [6, 6.07) is 0. The number of nitrogens with zero attached hydrogens (tertiary/aromatic N) is 2. The zero-order valence-electron chi connectivity index (χ0n) is 17.7. The number of nitrogens with two attached hydrogens (primary N) is 3. The maximum atomic E-state index is 5.97. The average molecular weight is 369 g/mol. The number of hydrogen-bond acceptors (Lipinski definition) is 3. The van der Waals surface area contributed by atoms with E-state index < -0.39 is 0 Å². The fourth-order valence-corrected chi connectivity index (χ4v) is 2.85. The minimum Gasteiger partial charge on any atom is -0.370 e. The molecule has 0 aromatic heterocycles. The molecule has 0 saturated carbocycles. The Bertz CT molecular complexity index is 401. The maximum absolute atomic E-state index is 5.97. The second-order valence-electron chi connectivity index (χ2n) is 8.25. The van der Waals surface area contributed by atoms with Crippen LogP contribution in [0.25, 0.3) is 0 Å². The van der Waals surface area contributed by atoms with E-state index in [0.29, 0.717) is 11.9 Å². The van der Waals surface area contributed by atoms with Crippen molar-refractivity contribution in [1.82, 2.24) is 5.32 Å². The predicted molar refractivity (Wildman–Crippen MR) is 115 cm³/mol. The Hall–Kier alpha value is -1.30. The fraction of sp³-hybridized carbons (Fsp3) is 0.900. The quantitative estimate of drug-likeness (QED) is 0.213. The van der Waals surface area contributed by atoms with Crippen molar-refractivity contribution in [1.29, 1.82) is 0 Å². The van der Waals surface area contributed by atoms with Gasteiger partial charge in [-0.1, -0.05) is 58.8 Å². The van der Waals surface area contributed by atoms with Crippen molar-refractivity contribution in [2.75, 3.05) is 13.1 Å². The van der Waals surface area contributed by atoms with Gasteiger partial charge >= 0.3 is 0 Å². The highest BCUT2D eigenvalue weighted by molar-refractivity contribution is 5.97. The number of hydrogen-bond donors (Lipinski definition) is 4. The van der Waals surface area contributed by atoms with E-state index in [0.717, 1.165) is 44.7 Å². The van der Waals surface area contributed by atoms with E-state index in [1.807, 2.05) is 0 Å². The Balaban J connectivity index is 4.01. The van der Waals surface area contributed by atoms with Crippen molar-refractivity contribution in [2.24, 2.45) is 33.1 Å². The molecule has 0 aliphatic carbocycles. The Morgan fingerprint density at radius 2 is 1.50 bits per heavy atom. The third-order valence-corrected chi connectivity index (χ3v) is 4.39. The molecule has 0 rings (SSSR count). The molecule has 6 heteroatoms. The minimum absolute atomic E-state index is 0.198. The van der Waals surface area contributed by atoms with E-state index in [-0.39, 0.29) is 5.54 Å². The molecule has 0 bridgehead atoms. The lowest BCUT2D eigenvalue weighted by Gasteiger charge is -2.20. The van der Waals surface area contributed by atoms with Gasteiger partial charge in [0.25, 0.3) is 0 Å². The van der Waals surface area contributed by atoms with Crippen LogP contribution >= 0.6 is 0 Å². The molecule has 0 aliphatic rings. The molecule has 0 aromatic carbocycles. The van der Waals surface area contributed by atoms with Crippen LogP contribution in [0.2, 0.25) is 0 Å². The van der Waals surface area contributed by atoms with Crippen LogP contribution in [0.3, 0.4) is 0 Å². The van der Waals surface area contributed by atoms with Gasteiger partial charge in [0.15, 0.2) is 11.9 Å². The third kappa shape index (κ3) is 16.2. The van der Waals surface area contributed by atoms with Gasteiger partial charge in [0.05, 0.1) is 5.54 Å². The largest absolute Gasteiger partial charge is 0.370 e. The monoisotopic (exact) mass is 368 g/mol. The smallest absolute Gasteiger partial charge is 0.195 e. The molecule has 0 aromatic rings. The summed E-state index contributed by atoms with van der Waals surface area (Å²) in [6.45, 7) is 10.2. The van der Waals surface area contributed by atoms with E-state index >= 15 is 0 Å². The summed E-state index contributed by atoms with van der Waals surface area (Å²) in [5.74, 6) is 1.49. The first-order valence-corrected chi connectivity index (χ1v) is 10.4. The first kappa shape index (κ1) is 24.7. The molecule has 0 aliphatic heterocycles. The van der Waals surface area contributed by atoms with Gasteiger partial charge < -0.3 is 17.2 Å².